The number of halogens is 5. The van der Waals surface area contributed by atoms with Crippen LogP contribution >= 0.6 is 0 Å². The summed E-state index contributed by atoms with van der Waals surface area (Å²) in [6.07, 6.45) is -0.789. The summed E-state index contributed by atoms with van der Waals surface area (Å²) in [5, 5.41) is 0. The number of carbonyl (C=O) groups excluding carboxylic acids is 1. The molecular formula is C18H21F5N2O. The number of hydrogen-bond donors (Lipinski definition) is 0. The molecule has 0 N–H and O–H groups in total. The second-order valence-corrected chi connectivity index (χ2v) is 6.99. The van der Waals surface area contributed by atoms with Crippen LogP contribution in [-0.2, 0) is 11.3 Å². The Kier molecular flexibility index (Phi) is 5.50. The van der Waals surface area contributed by atoms with Crippen LogP contribution in [-0.4, -0.2) is 47.1 Å². The van der Waals surface area contributed by atoms with E-state index in [1.54, 1.807) is 4.90 Å². The van der Waals surface area contributed by atoms with Crippen molar-refractivity contribution in [1.29, 1.82) is 0 Å². The minimum Gasteiger partial charge on any atom is -0.332 e. The smallest absolute Gasteiger partial charge is 0.332 e. The van der Waals surface area contributed by atoms with Gasteiger partial charge in [0.25, 0.3) is 0 Å². The minimum absolute atomic E-state index is 0.00594. The van der Waals surface area contributed by atoms with Crippen LogP contribution in [0.2, 0.25) is 0 Å². The number of carbonyl (C=O) groups is 1. The third-order valence-corrected chi connectivity index (χ3v) is 5.24. The molecule has 1 saturated carbocycles. The van der Waals surface area contributed by atoms with Crippen LogP contribution in [0.5, 0.6) is 0 Å². The molecule has 1 heterocycles. The number of likely N-dealkylation sites (tertiary alicyclic amines) is 1. The molecule has 26 heavy (non-hydrogen) atoms. The summed E-state index contributed by atoms with van der Waals surface area (Å²) in [5.74, 6) is -2.01. The third kappa shape index (κ3) is 4.16. The van der Waals surface area contributed by atoms with Gasteiger partial charge in [0, 0.05) is 24.7 Å². The van der Waals surface area contributed by atoms with Gasteiger partial charge < -0.3 is 4.90 Å². The van der Waals surface area contributed by atoms with Crippen LogP contribution < -0.4 is 0 Å². The molecule has 2 fully saturated rings. The molecule has 8 heteroatoms. The molecule has 1 amide bonds. The molecule has 144 valence electrons. The van der Waals surface area contributed by atoms with Crippen LogP contribution in [0.1, 0.15) is 37.7 Å². The van der Waals surface area contributed by atoms with Crippen LogP contribution in [0, 0.1) is 11.6 Å². The summed E-state index contributed by atoms with van der Waals surface area (Å²) in [4.78, 5) is 15.0. The third-order valence-electron chi connectivity index (χ3n) is 5.24. The Morgan fingerprint density at radius 1 is 1.08 bits per heavy atom. The van der Waals surface area contributed by atoms with Crippen molar-refractivity contribution in [1.82, 2.24) is 9.80 Å². The summed E-state index contributed by atoms with van der Waals surface area (Å²) >= 11 is 0. The number of nitrogens with zero attached hydrogens (tertiary/aromatic N) is 2. The van der Waals surface area contributed by atoms with Crippen molar-refractivity contribution in [3.63, 3.8) is 0 Å². The predicted octanol–water partition coefficient (Wildman–Crippen LogP) is 3.87. The molecule has 1 aliphatic heterocycles. The first-order chi connectivity index (χ1) is 12.3. The maximum Gasteiger partial charge on any atom is 0.406 e. The van der Waals surface area contributed by atoms with E-state index in [9.17, 15) is 26.7 Å². The fourth-order valence-electron chi connectivity index (χ4n) is 4.00. The van der Waals surface area contributed by atoms with E-state index < -0.39 is 36.3 Å². The molecule has 0 spiro atoms. The zero-order chi connectivity index (χ0) is 18.9. The quantitative estimate of drug-likeness (QED) is 0.729. The van der Waals surface area contributed by atoms with Gasteiger partial charge in [-0.2, -0.15) is 13.2 Å². The first-order valence-corrected chi connectivity index (χ1v) is 8.80. The zero-order valence-electron chi connectivity index (χ0n) is 14.2. The Bertz CT molecular complexity index is 637. The highest BCUT2D eigenvalue weighted by Crippen LogP contribution is 2.32. The van der Waals surface area contributed by atoms with E-state index in [1.807, 2.05) is 0 Å². The molecule has 3 nitrogen and oxygen atoms in total. The lowest BCUT2D eigenvalue weighted by Crippen LogP contribution is -2.47. The molecule has 3 rings (SSSR count). The van der Waals surface area contributed by atoms with Crippen molar-refractivity contribution in [2.45, 2.75) is 56.9 Å². The summed E-state index contributed by atoms with van der Waals surface area (Å²) in [7, 11) is 0. The van der Waals surface area contributed by atoms with Gasteiger partial charge in [-0.15, -0.1) is 0 Å². The molecule has 0 bridgehead atoms. The number of hydrogen-bond acceptors (Lipinski definition) is 2. The lowest BCUT2D eigenvalue weighted by atomic mass is 10.1. The predicted molar refractivity (Wildman–Crippen MR) is 85.2 cm³/mol. The van der Waals surface area contributed by atoms with Gasteiger partial charge in [-0.05, 0) is 31.4 Å². The van der Waals surface area contributed by atoms with Gasteiger partial charge in [0.1, 0.15) is 18.2 Å². The minimum atomic E-state index is -4.46. The number of alkyl halides is 3. The van der Waals surface area contributed by atoms with E-state index in [0.717, 1.165) is 42.7 Å². The van der Waals surface area contributed by atoms with Crippen molar-refractivity contribution in [3.05, 3.63) is 35.4 Å². The first kappa shape index (κ1) is 19.1. The summed E-state index contributed by atoms with van der Waals surface area (Å²) < 4.78 is 66.1. The Balaban J connectivity index is 1.82. The molecule has 1 saturated heterocycles. The fourth-order valence-corrected chi connectivity index (χ4v) is 4.00. The maximum atomic E-state index is 14.1. The molecule has 1 atom stereocenters. The second kappa shape index (κ2) is 7.50. The van der Waals surface area contributed by atoms with Gasteiger partial charge in [-0.1, -0.05) is 18.9 Å². The van der Waals surface area contributed by atoms with Crippen LogP contribution in [0.25, 0.3) is 0 Å². The Labute approximate surface area is 148 Å². The highest BCUT2D eigenvalue weighted by molar-refractivity contribution is 5.84. The SMILES string of the molecule is O=C1C(N(Cc2c(F)cccc2F)C2CCCC2)CCN1CC(F)(F)F. The highest BCUT2D eigenvalue weighted by atomic mass is 19.4. The molecule has 2 aliphatic rings. The van der Waals surface area contributed by atoms with Gasteiger partial charge in [-0.3, -0.25) is 9.69 Å². The van der Waals surface area contributed by atoms with Gasteiger partial charge >= 0.3 is 6.18 Å². The van der Waals surface area contributed by atoms with Crippen molar-refractivity contribution < 1.29 is 26.7 Å². The van der Waals surface area contributed by atoms with Crippen molar-refractivity contribution in [2.75, 3.05) is 13.1 Å². The molecule has 0 radical (unpaired) electrons. The Morgan fingerprint density at radius 3 is 2.27 bits per heavy atom. The topological polar surface area (TPSA) is 23.6 Å². The Morgan fingerprint density at radius 2 is 1.69 bits per heavy atom. The van der Waals surface area contributed by atoms with E-state index in [4.69, 9.17) is 0 Å². The Hall–Kier alpha value is -1.70. The van der Waals surface area contributed by atoms with Crippen molar-refractivity contribution >= 4 is 5.91 Å². The molecule has 1 aromatic rings. The molecule has 0 aromatic heterocycles. The van der Waals surface area contributed by atoms with Gasteiger partial charge in [0.05, 0.1) is 6.04 Å². The lowest BCUT2D eigenvalue weighted by Gasteiger charge is -2.33. The summed E-state index contributed by atoms with van der Waals surface area (Å²) in [6, 6.07) is 2.75. The van der Waals surface area contributed by atoms with Gasteiger partial charge in [0.15, 0.2) is 0 Å². The number of rotatable bonds is 5. The summed E-state index contributed by atoms with van der Waals surface area (Å²) in [5.41, 5.74) is -0.138. The average Bonchev–Trinajstić information content (AvgIpc) is 3.18. The molecular weight excluding hydrogens is 355 g/mol. The van der Waals surface area contributed by atoms with Crippen LogP contribution in [0.15, 0.2) is 18.2 Å². The largest absolute Gasteiger partial charge is 0.406 e. The molecule has 1 aliphatic carbocycles. The highest BCUT2D eigenvalue weighted by Gasteiger charge is 2.43. The second-order valence-electron chi connectivity index (χ2n) is 6.99. The van der Waals surface area contributed by atoms with Crippen molar-refractivity contribution in [3.8, 4) is 0 Å². The van der Waals surface area contributed by atoms with E-state index in [-0.39, 0.29) is 31.1 Å². The number of benzene rings is 1. The monoisotopic (exact) mass is 376 g/mol. The zero-order valence-corrected chi connectivity index (χ0v) is 14.2. The van der Waals surface area contributed by atoms with Crippen molar-refractivity contribution in [2.24, 2.45) is 0 Å². The maximum absolute atomic E-state index is 14.1. The molecule has 1 unspecified atom stereocenters. The van der Waals surface area contributed by atoms with E-state index in [1.165, 1.54) is 6.07 Å². The lowest BCUT2D eigenvalue weighted by molar-refractivity contribution is -0.159. The average molecular weight is 376 g/mol. The van der Waals surface area contributed by atoms with Crippen LogP contribution in [0.3, 0.4) is 0 Å². The number of amides is 1. The van der Waals surface area contributed by atoms with Gasteiger partial charge in [0.2, 0.25) is 5.91 Å². The fraction of sp³-hybridized carbons (Fsp3) is 0.611. The van der Waals surface area contributed by atoms with Gasteiger partial charge in [-0.25, -0.2) is 8.78 Å². The van der Waals surface area contributed by atoms with E-state index in [0.29, 0.717) is 0 Å². The normalized spacial score (nSPS) is 22.0. The van der Waals surface area contributed by atoms with E-state index in [2.05, 4.69) is 0 Å². The standard InChI is InChI=1S/C18H21F5N2O/c19-14-6-3-7-15(20)13(14)10-25(12-4-1-2-5-12)16-8-9-24(17(16)26)11-18(21,22)23/h3,6-7,12,16H,1-2,4-5,8-11H2. The summed E-state index contributed by atoms with van der Waals surface area (Å²) in [6.45, 7) is -1.39. The van der Waals surface area contributed by atoms with E-state index >= 15 is 0 Å². The van der Waals surface area contributed by atoms with Crippen LogP contribution in [0.4, 0.5) is 22.0 Å². The molecule has 1 aromatic carbocycles. The first-order valence-electron chi connectivity index (χ1n) is 8.80.